The topological polar surface area (TPSA) is 50.8 Å². The number of alkyl halides is 2. The fourth-order valence-corrected chi connectivity index (χ4v) is 1.96. The molecule has 1 aromatic carbocycles. The molecule has 1 N–H and O–H groups in total. The molecule has 0 atom stereocenters. The number of urea groups is 1. The number of amides is 2. The van der Waals surface area contributed by atoms with Gasteiger partial charge in [0.15, 0.2) is 11.5 Å². The van der Waals surface area contributed by atoms with Crippen molar-refractivity contribution in [2.75, 3.05) is 20.7 Å². The van der Waals surface area contributed by atoms with Crippen LogP contribution in [0, 0.1) is 5.92 Å². The Kier molecular flexibility index (Phi) is 6.88. The van der Waals surface area contributed by atoms with Crippen molar-refractivity contribution >= 4 is 6.03 Å². The van der Waals surface area contributed by atoms with Crippen LogP contribution in [0.5, 0.6) is 11.5 Å². The lowest BCUT2D eigenvalue weighted by molar-refractivity contribution is -0.0512. The molecule has 0 saturated carbocycles. The number of benzene rings is 1. The smallest absolute Gasteiger partial charge is 0.387 e. The van der Waals surface area contributed by atoms with Crippen LogP contribution in [0.25, 0.3) is 0 Å². The van der Waals surface area contributed by atoms with Gasteiger partial charge in [-0.25, -0.2) is 4.79 Å². The van der Waals surface area contributed by atoms with E-state index in [2.05, 4.69) is 10.1 Å². The van der Waals surface area contributed by atoms with Gasteiger partial charge in [-0.1, -0.05) is 19.9 Å². The minimum absolute atomic E-state index is 0.0375. The van der Waals surface area contributed by atoms with Crippen LogP contribution in [-0.4, -0.2) is 38.2 Å². The number of carbonyl (C=O) groups is 1. The van der Waals surface area contributed by atoms with Crippen molar-refractivity contribution in [2.24, 2.45) is 5.92 Å². The fourth-order valence-electron chi connectivity index (χ4n) is 1.96. The van der Waals surface area contributed by atoms with Crippen LogP contribution in [0.3, 0.4) is 0 Å². The number of hydrogen-bond acceptors (Lipinski definition) is 3. The summed E-state index contributed by atoms with van der Waals surface area (Å²) in [5.41, 5.74) is 0.727. The molecule has 0 saturated heterocycles. The van der Waals surface area contributed by atoms with Crippen LogP contribution < -0.4 is 14.8 Å². The Morgan fingerprint density at radius 3 is 2.55 bits per heavy atom. The minimum atomic E-state index is -2.91. The van der Waals surface area contributed by atoms with Crippen LogP contribution >= 0.6 is 0 Å². The van der Waals surface area contributed by atoms with Gasteiger partial charge in [0.05, 0.1) is 7.11 Å². The number of rotatable bonds is 7. The Bertz CT molecular complexity index is 496. The Hall–Kier alpha value is -2.05. The highest BCUT2D eigenvalue weighted by atomic mass is 19.3. The van der Waals surface area contributed by atoms with Gasteiger partial charge in [-0.3, -0.25) is 0 Å². The summed E-state index contributed by atoms with van der Waals surface area (Å²) < 4.78 is 33.8. The SMILES string of the molecule is COc1cc(CNC(=O)N(C)CC(C)C)ccc1OC(F)F. The maximum absolute atomic E-state index is 12.2. The van der Waals surface area contributed by atoms with Gasteiger partial charge in [-0.05, 0) is 23.6 Å². The Morgan fingerprint density at radius 1 is 1.32 bits per heavy atom. The summed E-state index contributed by atoms with van der Waals surface area (Å²) in [6, 6.07) is 4.36. The molecule has 0 unspecified atom stereocenters. The molecular weight excluding hydrogens is 294 g/mol. The summed E-state index contributed by atoms with van der Waals surface area (Å²) in [6.07, 6.45) is 0. The van der Waals surface area contributed by atoms with Gasteiger partial charge in [0.25, 0.3) is 0 Å². The quantitative estimate of drug-likeness (QED) is 0.841. The van der Waals surface area contributed by atoms with E-state index in [9.17, 15) is 13.6 Å². The van der Waals surface area contributed by atoms with Crippen LogP contribution in [0.2, 0.25) is 0 Å². The average Bonchev–Trinajstić information content (AvgIpc) is 2.44. The normalized spacial score (nSPS) is 10.7. The van der Waals surface area contributed by atoms with Crippen LogP contribution in [0.1, 0.15) is 19.4 Å². The Morgan fingerprint density at radius 2 is 2.00 bits per heavy atom. The lowest BCUT2D eigenvalue weighted by Gasteiger charge is -2.20. The highest BCUT2D eigenvalue weighted by Gasteiger charge is 2.13. The lowest BCUT2D eigenvalue weighted by Crippen LogP contribution is -2.38. The zero-order chi connectivity index (χ0) is 16.7. The molecule has 0 spiro atoms. The first-order valence-electron chi connectivity index (χ1n) is 6.94. The molecule has 22 heavy (non-hydrogen) atoms. The number of hydrogen-bond donors (Lipinski definition) is 1. The van der Waals surface area contributed by atoms with Gasteiger partial charge in [0.2, 0.25) is 0 Å². The van der Waals surface area contributed by atoms with E-state index in [0.717, 1.165) is 5.56 Å². The molecule has 0 fully saturated rings. The monoisotopic (exact) mass is 316 g/mol. The molecule has 0 bridgehead atoms. The van der Waals surface area contributed by atoms with Crippen molar-refractivity contribution in [3.05, 3.63) is 23.8 Å². The summed E-state index contributed by atoms with van der Waals surface area (Å²) in [6.45, 7) is 2.06. The minimum Gasteiger partial charge on any atom is -0.493 e. The summed E-state index contributed by atoms with van der Waals surface area (Å²) in [4.78, 5) is 13.5. The maximum Gasteiger partial charge on any atom is 0.387 e. The largest absolute Gasteiger partial charge is 0.493 e. The number of methoxy groups -OCH3 is 1. The second-order valence-electron chi connectivity index (χ2n) is 5.30. The molecule has 0 heterocycles. The zero-order valence-electron chi connectivity index (χ0n) is 13.2. The van der Waals surface area contributed by atoms with E-state index in [0.29, 0.717) is 12.5 Å². The van der Waals surface area contributed by atoms with E-state index in [1.54, 1.807) is 24.1 Å². The zero-order valence-corrected chi connectivity index (χ0v) is 13.2. The average molecular weight is 316 g/mol. The van der Waals surface area contributed by atoms with E-state index in [1.165, 1.54) is 13.2 Å². The van der Waals surface area contributed by atoms with Gasteiger partial charge < -0.3 is 19.7 Å². The van der Waals surface area contributed by atoms with Gasteiger partial charge in [0.1, 0.15) is 0 Å². The summed E-state index contributed by atoms with van der Waals surface area (Å²) in [7, 11) is 3.09. The van der Waals surface area contributed by atoms with E-state index in [1.807, 2.05) is 13.8 Å². The second-order valence-corrected chi connectivity index (χ2v) is 5.30. The summed E-state index contributed by atoms with van der Waals surface area (Å²) in [5, 5.41) is 2.76. The number of nitrogens with zero attached hydrogens (tertiary/aromatic N) is 1. The van der Waals surface area contributed by atoms with Gasteiger partial charge >= 0.3 is 12.6 Å². The third-order valence-electron chi connectivity index (χ3n) is 2.87. The van der Waals surface area contributed by atoms with Crippen molar-refractivity contribution in [3.8, 4) is 11.5 Å². The molecule has 1 rings (SSSR count). The van der Waals surface area contributed by atoms with Gasteiger partial charge in [-0.2, -0.15) is 8.78 Å². The predicted octanol–water partition coefficient (Wildman–Crippen LogP) is 3.09. The highest BCUT2D eigenvalue weighted by Crippen LogP contribution is 2.29. The number of halogens is 2. The van der Waals surface area contributed by atoms with E-state index in [-0.39, 0.29) is 24.1 Å². The number of nitrogens with one attached hydrogen (secondary N) is 1. The molecule has 0 aliphatic rings. The molecule has 0 aromatic heterocycles. The van der Waals surface area contributed by atoms with Crippen molar-refractivity contribution in [1.82, 2.24) is 10.2 Å². The first kappa shape index (κ1) is 18.0. The Labute approximate surface area is 129 Å². The molecule has 0 radical (unpaired) electrons. The molecular formula is C15H22F2N2O3. The first-order valence-corrected chi connectivity index (χ1v) is 6.94. The molecule has 0 aliphatic heterocycles. The molecule has 0 aliphatic carbocycles. The third-order valence-corrected chi connectivity index (χ3v) is 2.87. The Balaban J connectivity index is 2.65. The van der Waals surface area contributed by atoms with E-state index >= 15 is 0 Å². The summed E-state index contributed by atoms with van der Waals surface area (Å²) in [5.74, 6) is 0.536. The molecule has 7 heteroatoms. The van der Waals surface area contributed by atoms with Crippen LogP contribution in [0.4, 0.5) is 13.6 Å². The van der Waals surface area contributed by atoms with Gasteiger partial charge in [0, 0.05) is 20.1 Å². The molecule has 2 amide bonds. The van der Waals surface area contributed by atoms with Crippen molar-refractivity contribution in [2.45, 2.75) is 27.0 Å². The summed E-state index contributed by atoms with van der Waals surface area (Å²) >= 11 is 0. The third kappa shape index (κ3) is 5.75. The second kappa shape index (κ2) is 8.41. The molecule has 1 aromatic rings. The molecule has 124 valence electrons. The van der Waals surface area contributed by atoms with E-state index in [4.69, 9.17) is 4.74 Å². The first-order chi connectivity index (χ1) is 10.3. The standard InChI is InChI=1S/C15H22F2N2O3/c1-10(2)9-19(3)15(20)18-8-11-5-6-12(22-14(16)17)13(7-11)21-4/h5-7,10,14H,8-9H2,1-4H3,(H,18,20). The maximum atomic E-state index is 12.2. The van der Waals surface area contributed by atoms with Crippen LogP contribution in [-0.2, 0) is 6.54 Å². The molecule has 5 nitrogen and oxygen atoms in total. The fraction of sp³-hybridized carbons (Fsp3) is 0.533. The van der Waals surface area contributed by atoms with Crippen molar-refractivity contribution in [3.63, 3.8) is 0 Å². The van der Waals surface area contributed by atoms with Crippen LogP contribution in [0.15, 0.2) is 18.2 Å². The number of carbonyl (C=O) groups excluding carboxylic acids is 1. The van der Waals surface area contributed by atoms with Crippen molar-refractivity contribution < 1.29 is 23.0 Å². The number of ether oxygens (including phenoxy) is 2. The van der Waals surface area contributed by atoms with E-state index < -0.39 is 6.61 Å². The predicted molar refractivity (Wildman–Crippen MR) is 79.3 cm³/mol. The van der Waals surface area contributed by atoms with Crippen molar-refractivity contribution in [1.29, 1.82) is 0 Å². The highest BCUT2D eigenvalue weighted by molar-refractivity contribution is 5.73. The lowest BCUT2D eigenvalue weighted by atomic mass is 10.2. The van der Waals surface area contributed by atoms with Gasteiger partial charge in [-0.15, -0.1) is 0 Å².